The number of Topliss-reactive ketones (excluding diaryl/α,β-unsaturated/α-hetero) is 3. The second-order valence-electron chi connectivity index (χ2n) is 23.4. The van der Waals surface area contributed by atoms with Gasteiger partial charge in [-0.25, -0.2) is 0 Å². The van der Waals surface area contributed by atoms with Crippen LogP contribution in [0.4, 0.5) is 0 Å². The molecule has 0 aliphatic heterocycles. The first-order valence-corrected chi connectivity index (χ1v) is 30.4. The molecule has 5 fully saturated rings. The SMILES string of the molecule is CC/C=C\CC1C(=O)CCC1CC(=O)OC.CC1CCC(C(C)(C)O)C(O)C1.CCCCCC1C(=O)CCC1CC(=O)OC.CCCCCC1C(=O)CCC1CC(=O)OCC.CCCCCC1C(O)CCC1CCOC. The van der Waals surface area contributed by atoms with Crippen LogP contribution in [-0.2, 0) is 47.7 Å². The van der Waals surface area contributed by atoms with Gasteiger partial charge in [0.05, 0.1) is 38.6 Å². The lowest BCUT2D eigenvalue weighted by Gasteiger charge is -2.38. The van der Waals surface area contributed by atoms with Crippen molar-refractivity contribution in [3.05, 3.63) is 12.2 Å². The third-order valence-electron chi connectivity index (χ3n) is 17.1. The van der Waals surface area contributed by atoms with Gasteiger partial charge in [0.2, 0.25) is 0 Å². The Balaban J connectivity index is 0.000000477. The number of hydrogen-bond acceptors (Lipinski definition) is 13. The maximum atomic E-state index is 11.8. The Bertz CT molecular complexity index is 1640. The smallest absolute Gasteiger partial charge is 0.306 e. The van der Waals surface area contributed by atoms with Crippen molar-refractivity contribution in [1.29, 1.82) is 0 Å². The molecule has 76 heavy (non-hydrogen) atoms. The summed E-state index contributed by atoms with van der Waals surface area (Å²) in [6.45, 7) is 17.4. The van der Waals surface area contributed by atoms with E-state index in [0.29, 0.717) is 80.2 Å². The van der Waals surface area contributed by atoms with E-state index in [0.717, 1.165) is 96.5 Å². The summed E-state index contributed by atoms with van der Waals surface area (Å²) in [7, 11) is 4.56. The van der Waals surface area contributed by atoms with Crippen molar-refractivity contribution in [2.45, 2.75) is 259 Å². The van der Waals surface area contributed by atoms with E-state index in [1.807, 2.05) is 6.92 Å². The lowest BCUT2D eigenvalue weighted by Crippen LogP contribution is -2.42. The van der Waals surface area contributed by atoms with Crippen molar-refractivity contribution in [2.24, 2.45) is 59.2 Å². The van der Waals surface area contributed by atoms with Gasteiger partial charge in [0.1, 0.15) is 17.3 Å². The molecule has 5 rings (SSSR count). The number of ether oxygens (including phenoxy) is 4. The van der Waals surface area contributed by atoms with Crippen LogP contribution in [0.1, 0.15) is 242 Å². The minimum absolute atomic E-state index is 0.0295. The number of hydrogen-bond donors (Lipinski definition) is 3. The highest BCUT2D eigenvalue weighted by Crippen LogP contribution is 2.40. The van der Waals surface area contributed by atoms with Crippen LogP contribution in [0.3, 0.4) is 0 Å². The fourth-order valence-electron chi connectivity index (χ4n) is 12.4. The molecule has 3 N–H and O–H groups in total. The average molecular weight is 1080 g/mol. The van der Waals surface area contributed by atoms with Crippen LogP contribution >= 0.6 is 0 Å². The lowest BCUT2D eigenvalue weighted by atomic mass is 9.73. The molecule has 0 spiro atoms. The number of allylic oxidation sites excluding steroid dienone is 2. The number of aliphatic hydroxyl groups excluding tert-OH is 2. The molecule has 0 aromatic rings. The van der Waals surface area contributed by atoms with Gasteiger partial charge < -0.3 is 34.3 Å². The molecule has 12 atom stereocenters. The Morgan fingerprint density at radius 2 is 1.04 bits per heavy atom. The van der Waals surface area contributed by atoms with Gasteiger partial charge in [0.15, 0.2) is 0 Å². The molecule has 0 saturated heterocycles. The van der Waals surface area contributed by atoms with Gasteiger partial charge in [-0.15, -0.1) is 0 Å². The first kappa shape index (κ1) is 71.0. The summed E-state index contributed by atoms with van der Waals surface area (Å²) in [5.41, 5.74) is -0.723. The van der Waals surface area contributed by atoms with Gasteiger partial charge in [0.25, 0.3) is 0 Å². The number of carbonyl (C=O) groups excluding carboxylic acids is 6. The Kier molecular flexibility index (Phi) is 38.4. The van der Waals surface area contributed by atoms with Crippen molar-refractivity contribution in [3.63, 3.8) is 0 Å². The van der Waals surface area contributed by atoms with Crippen LogP contribution in [0.25, 0.3) is 0 Å². The van der Waals surface area contributed by atoms with Crippen molar-refractivity contribution in [1.82, 2.24) is 0 Å². The first-order chi connectivity index (χ1) is 36.3. The van der Waals surface area contributed by atoms with Gasteiger partial charge in [-0.2, -0.15) is 0 Å². The summed E-state index contributed by atoms with van der Waals surface area (Å²) in [6.07, 6.45) is 31.4. The van der Waals surface area contributed by atoms with Crippen molar-refractivity contribution in [2.75, 3.05) is 34.5 Å². The van der Waals surface area contributed by atoms with Crippen LogP contribution in [0.15, 0.2) is 12.2 Å². The molecular formula is C63H112O13. The summed E-state index contributed by atoms with van der Waals surface area (Å²) in [5, 5.41) is 29.4. The Morgan fingerprint density at radius 3 is 1.47 bits per heavy atom. The molecule has 5 saturated carbocycles. The molecule has 12 unspecified atom stereocenters. The highest BCUT2D eigenvalue weighted by molar-refractivity contribution is 5.85. The monoisotopic (exact) mass is 1080 g/mol. The van der Waals surface area contributed by atoms with E-state index < -0.39 is 5.60 Å². The average Bonchev–Trinajstić information content (AvgIpc) is 4.13. The van der Waals surface area contributed by atoms with Crippen molar-refractivity contribution in [3.8, 4) is 0 Å². The van der Waals surface area contributed by atoms with E-state index in [-0.39, 0.29) is 71.5 Å². The van der Waals surface area contributed by atoms with E-state index in [1.54, 1.807) is 21.0 Å². The minimum Gasteiger partial charge on any atom is -0.469 e. The maximum Gasteiger partial charge on any atom is 0.306 e. The standard InChI is InChI=1S/C14H24O3.C13H22O3.C13H20O3.C13H26O2.C10H20O2/c1-3-5-6-7-12-11(8-9-13(12)15)10-14(16)17-4-2;2*1-3-4-5-6-11-10(7-8-12(11)14)9-13(15)16-2;1-3-4-5-6-12-11(9-10-15-2)7-8-13(12)14;1-7-4-5-8(9(11)6-7)10(2,3)12/h11-12H,3-10H2,1-2H3;10-11H,3-9H2,1-2H3;4-5,10-11H,3,6-9H2,1-2H3;11-14H,3-10H2,1-2H3;7-9,11-12H,4-6H2,1-3H3/b;;5-4-;;. The van der Waals surface area contributed by atoms with Crippen LogP contribution in [0.5, 0.6) is 0 Å². The number of esters is 3. The fraction of sp³-hybridized carbons (Fsp3) is 0.873. The van der Waals surface area contributed by atoms with E-state index in [4.69, 9.17) is 9.47 Å². The quantitative estimate of drug-likeness (QED) is 0.0320. The molecule has 5 aliphatic carbocycles. The Labute approximate surface area is 461 Å². The molecule has 0 bridgehead atoms. The zero-order valence-electron chi connectivity index (χ0n) is 49.9. The summed E-state index contributed by atoms with van der Waals surface area (Å²) in [6, 6.07) is 0. The van der Waals surface area contributed by atoms with Crippen molar-refractivity contribution >= 4 is 35.3 Å². The van der Waals surface area contributed by atoms with Gasteiger partial charge in [-0.3, -0.25) is 28.8 Å². The van der Waals surface area contributed by atoms with Crippen LogP contribution in [0, 0.1) is 59.2 Å². The normalized spacial score (nSPS) is 28.1. The van der Waals surface area contributed by atoms with Crippen molar-refractivity contribution < 1.29 is 63.0 Å². The van der Waals surface area contributed by atoms with Gasteiger partial charge in [0, 0.05) is 75.9 Å². The maximum absolute atomic E-state index is 11.8. The molecule has 0 radical (unpaired) electrons. The number of unbranched alkanes of at least 4 members (excludes halogenated alkanes) is 6. The molecule has 5 aliphatic rings. The summed E-state index contributed by atoms with van der Waals surface area (Å²) >= 11 is 0. The van der Waals surface area contributed by atoms with E-state index in [9.17, 15) is 44.1 Å². The lowest BCUT2D eigenvalue weighted by molar-refractivity contribution is -0.145. The summed E-state index contributed by atoms with van der Waals surface area (Å²) < 4.78 is 19.4. The largest absolute Gasteiger partial charge is 0.469 e. The van der Waals surface area contributed by atoms with Crippen LogP contribution in [0.2, 0.25) is 0 Å². The van der Waals surface area contributed by atoms with Gasteiger partial charge in [-0.1, -0.05) is 111 Å². The molecule has 13 nitrogen and oxygen atoms in total. The Hall–Kier alpha value is -3.00. The predicted molar refractivity (Wildman–Crippen MR) is 302 cm³/mol. The van der Waals surface area contributed by atoms with Crippen LogP contribution < -0.4 is 0 Å². The molecule has 0 aromatic heterocycles. The molecule has 0 heterocycles. The number of rotatable bonds is 26. The van der Waals surface area contributed by atoms with Gasteiger partial charge >= 0.3 is 17.9 Å². The highest BCUT2D eigenvalue weighted by Gasteiger charge is 2.39. The fourth-order valence-corrected chi connectivity index (χ4v) is 12.4. The molecule has 442 valence electrons. The first-order valence-electron chi connectivity index (χ1n) is 30.4. The predicted octanol–water partition coefficient (Wildman–Crippen LogP) is 12.9. The number of methoxy groups -OCH3 is 3. The summed E-state index contributed by atoms with van der Waals surface area (Å²) in [5.74, 6) is 3.32. The third kappa shape index (κ3) is 28.2. The van der Waals surface area contributed by atoms with E-state index in [2.05, 4.69) is 56.2 Å². The second kappa shape index (κ2) is 41.1. The molecule has 13 heteroatoms. The van der Waals surface area contributed by atoms with E-state index >= 15 is 0 Å². The molecule has 0 amide bonds. The zero-order chi connectivity index (χ0) is 57.1. The van der Waals surface area contributed by atoms with Gasteiger partial charge in [-0.05, 0) is 140 Å². The topological polar surface area (TPSA) is 200 Å². The minimum atomic E-state index is -0.723. The molecule has 0 aromatic carbocycles. The summed E-state index contributed by atoms with van der Waals surface area (Å²) in [4.78, 5) is 69.0. The van der Waals surface area contributed by atoms with Crippen LogP contribution in [-0.4, -0.2) is 103 Å². The highest BCUT2D eigenvalue weighted by atomic mass is 16.5. The van der Waals surface area contributed by atoms with E-state index in [1.165, 1.54) is 72.0 Å². The zero-order valence-corrected chi connectivity index (χ0v) is 49.9. The molecular weight excluding hydrogens is 965 g/mol. The number of aliphatic hydroxyl groups is 3. The second-order valence-corrected chi connectivity index (χ2v) is 23.4. The third-order valence-corrected chi connectivity index (χ3v) is 17.1. The number of ketones is 3. The Morgan fingerprint density at radius 1 is 0.566 bits per heavy atom. The number of carbonyl (C=O) groups is 6.